The Labute approximate surface area is 145 Å². The maximum atomic E-state index is 12.1. The van der Waals surface area contributed by atoms with Crippen molar-refractivity contribution in [2.75, 3.05) is 17.3 Å². The summed E-state index contributed by atoms with van der Waals surface area (Å²) in [5.74, 6) is 1.74. The molecule has 0 aromatic carbocycles. The van der Waals surface area contributed by atoms with E-state index in [1.807, 2.05) is 0 Å². The second-order valence-corrected chi connectivity index (χ2v) is 11.3. The summed E-state index contributed by atoms with van der Waals surface area (Å²) in [6.07, 6.45) is 6.43. The number of carbonyl (C=O) groups is 1. The van der Waals surface area contributed by atoms with Gasteiger partial charge in [0.1, 0.15) is 0 Å². The first-order chi connectivity index (χ1) is 10.7. The van der Waals surface area contributed by atoms with E-state index in [2.05, 4.69) is 26.1 Å². The fourth-order valence-corrected chi connectivity index (χ4v) is 7.12. The van der Waals surface area contributed by atoms with Crippen molar-refractivity contribution in [1.29, 1.82) is 0 Å². The summed E-state index contributed by atoms with van der Waals surface area (Å²) in [5.41, 5.74) is 0.402. The molecule has 4 nitrogen and oxygen atoms in total. The quantitative estimate of drug-likeness (QED) is 0.790. The van der Waals surface area contributed by atoms with Gasteiger partial charge in [-0.05, 0) is 43.4 Å². The van der Waals surface area contributed by atoms with Gasteiger partial charge < -0.3 is 5.32 Å². The van der Waals surface area contributed by atoms with Crippen LogP contribution in [0.4, 0.5) is 0 Å². The topological polar surface area (TPSA) is 63.2 Å². The molecule has 134 valence electrons. The van der Waals surface area contributed by atoms with Gasteiger partial charge in [0, 0.05) is 11.3 Å². The first-order valence-electron chi connectivity index (χ1n) is 8.83. The van der Waals surface area contributed by atoms with E-state index in [4.69, 9.17) is 0 Å². The fourth-order valence-electron chi connectivity index (χ4n) is 3.66. The largest absolute Gasteiger partial charge is 0.353 e. The van der Waals surface area contributed by atoms with Crippen molar-refractivity contribution in [3.63, 3.8) is 0 Å². The first kappa shape index (κ1) is 19.1. The molecule has 1 amide bonds. The van der Waals surface area contributed by atoms with E-state index in [1.54, 1.807) is 0 Å². The zero-order chi connectivity index (χ0) is 17.1. The van der Waals surface area contributed by atoms with Crippen molar-refractivity contribution in [3.8, 4) is 0 Å². The summed E-state index contributed by atoms with van der Waals surface area (Å²) in [7, 11) is -2.85. The molecule has 0 radical (unpaired) electrons. The van der Waals surface area contributed by atoms with Gasteiger partial charge in [0.15, 0.2) is 9.84 Å². The summed E-state index contributed by atoms with van der Waals surface area (Å²) in [4.78, 5) is 12.1. The van der Waals surface area contributed by atoms with Crippen molar-refractivity contribution in [2.45, 2.75) is 70.6 Å². The van der Waals surface area contributed by atoms with E-state index in [9.17, 15) is 13.2 Å². The second kappa shape index (κ2) is 7.77. The molecule has 23 heavy (non-hydrogen) atoms. The number of carbonyl (C=O) groups excluding carboxylic acids is 1. The molecule has 0 aromatic heterocycles. The van der Waals surface area contributed by atoms with Gasteiger partial charge in [-0.2, -0.15) is 0 Å². The average Bonchev–Trinajstić information content (AvgIpc) is 2.85. The van der Waals surface area contributed by atoms with E-state index in [1.165, 1.54) is 31.0 Å². The van der Waals surface area contributed by atoms with Gasteiger partial charge in [0.25, 0.3) is 0 Å². The van der Waals surface area contributed by atoms with Crippen LogP contribution in [-0.2, 0) is 14.6 Å². The molecule has 1 aliphatic carbocycles. The predicted octanol–water partition coefficient (Wildman–Crippen LogP) is 3.02. The molecule has 2 aliphatic rings. The monoisotopic (exact) mass is 361 g/mol. The summed E-state index contributed by atoms with van der Waals surface area (Å²) in [5, 5.41) is 3.25. The Hall–Kier alpha value is -0.230. The lowest BCUT2D eigenvalue weighted by molar-refractivity contribution is -0.119. The molecule has 1 saturated carbocycles. The number of hydrogen-bond donors (Lipinski definition) is 1. The molecular weight excluding hydrogens is 330 g/mol. The van der Waals surface area contributed by atoms with Gasteiger partial charge in [0.2, 0.25) is 5.91 Å². The highest BCUT2D eigenvalue weighted by molar-refractivity contribution is 8.02. The zero-order valence-electron chi connectivity index (χ0n) is 14.6. The highest BCUT2D eigenvalue weighted by atomic mass is 32.2. The Morgan fingerprint density at radius 1 is 1.17 bits per heavy atom. The van der Waals surface area contributed by atoms with Crippen LogP contribution in [0.1, 0.15) is 59.3 Å². The van der Waals surface area contributed by atoms with Crippen LogP contribution in [0.25, 0.3) is 0 Å². The van der Waals surface area contributed by atoms with Crippen LogP contribution in [0.5, 0.6) is 0 Å². The smallest absolute Gasteiger partial charge is 0.230 e. The molecule has 0 spiro atoms. The zero-order valence-corrected chi connectivity index (χ0v) is 16.3. The van der Waals surface area contributed by atoms with Crippen LogP contribution in [0.3, 0.4) is 0 Å². The number of thioether (sulfide) groups is 1. The lowest BCUT2D eigenvalue weighted by Crippen LogP contribution is -2.40. The normalized spacial score (nSPS) is 31.0. The summed E-state index contributed by atoms with van der Waals surface area (Å²) in [6.45, 7) is 6.96. The molecular formula is C17H31NO3S2. The molecule has 1 aliphatic heterocycles. The Kier molecular flexibility index (Phi) is 6.45. The van der Waals surface area contributed by atoms with Gasteiger partial charge >= 0.3 is 0 Å². The van der Waals surface area contributed by atoms with Crippen molar-refractivity contribution in [3.05, 3.63) is 0 Å². The van der Waals surface area contributed by atoms with Gasteiger partial charge in [-0.25, -0.2) is 8.42 Å². The molecule has 1 atom stereocenters. The number of rotatable bonds is 6. The van der Waals surface area contributed by atoms with Crippen LogP contribution in [-0.4, -0.2) is 42.9 Å². The van der Waals surface area contributed by atoms with Gasteiger partial charge in [-0.1, -0.05) is 27.2 Å². The summed E-state index contributed by atoms with van der Waals surface area (Å²) < 4.78 is 22.9. The van der Waals surface area contributed by atoms with E-state index >= 15 is 0 Å². The highest BCUT2D eigenvalue weighted by Gasteiger charge is 2.32. The summed E-state index contributed by atoms with van der Waals surface area (Å²) in [6, 6.07) is 0.305. The predicted molar refractivity (Wildman–Crippen MR) is 97.5 cm³/mol. The standard InChI is InChI=1S/C17H31NO3S2/c1-4-17(2,3)13-5-7-14(8-6-13)18-16(19)11-22-15-9-10-23(20,21)12-15/h13-15H,4-12H2,1-3H3,(H,18,19). The summed E-state index contributed by atoms with van der Waals surface area (Å²) >= 11 is 1.50. The van der Waals surface area contributed by atoms with Crippen molar-refractivity contribution >= 4 is 27.5 Å². The molecule has 0 aromatic rings. The third-order valence-electron chi connectivity index (χ3n) is 5.75. The van der Waals surface area contributed by atoms with Gasteiger partial charge in [0.05, 0.1) is 17.3 Å². The van der Waals surface area contributed by atoms with Gasteiger partial charge in [-0.3, -0.25) is 4.79 Å². The maximum absolute atomic E-state index is 12.1. The van der Waals surface area contributed by atoms with E-state index in [0.717, 1.165) is 18.8 Å². The Morgan fingerprint density at radius 3 is 2.35 bits per heavy atom. The van der Waals surface area contributed by atoms with Crippen molar-refractivity contribution in [2.24, 2.45) is 11.3 Å². The van der Waals surface area contributed by atoms with Gasteiger partial charge in [-0.15, -0.1) is 11.8 Å². The third kappa shape index (κ3) is 5.66. The number of hydrogen-bond acceptors (Lipinski definition) is 4. The van der Waals surface area contributed by atoms with E-state index < -0.39 is 9.84 Å². The first-order valence-corrected chi connectivity index (χ1v) is 11.7. The molecule has 1 heterocycles. The molecule has 1 saturated heterocycles. The maximum Gasteiger partial charge on any atom is 0.230 e. The number of nitrogens with one attached hydrogen (secondary N) is 1. The molecule has 2 rings (SSSR count). The lowest BCUT2D eigenvalue weighted by Gasteiger charge is -2.39. The third-order valence-corrected chi connectivity index (χ3v) is 9.03. The minimum atomic E-state index is -2.85. The van der Waals surface area contributed by atoms with E-state index in [-0.39, 0.29) is 22.7 Å². The fraction of sp³-hybridized carbons (Fsp3) is 0.941. The SMILES string of the molecule is CCC(C)(C)C1CCC(NC(=O)CSC2CCS(=O)(=O)C2)CC1. The average molecular weight is 362 g/mol. The van der Waals surface area contributed by atoms with Crippen LogP contribution in [0.2, 0.25) is 0 Å². The Bertz CT molecular complexity index is 508. The van der Waals surface area contributed by atoms with Crippen LogP contribution in [0, 0.1) is 11.3 Å². The molecule has 2 fully saturated rings. The molecule has 1 unspecified atom stereocenters. The van der Waals surface area contributed by atoms with Crippen molar-refractivity contribution in [1.82, 2.24) is 5.32 Å². The Balaban J connectivity index is 1.67. The number of sulfone groups is 1. The minimum Gasteiger partial charge on any atom is -0.353 e. The molecule has 6 heteroatoms. The van der Waals surface area contributed by atoms with Crippen molar-refractivity contribution < 1.29 is 13.2 Å². The number of amides is 1. The highest BCUT2D eigenvalue weighted by Crippen LogP contribution is 2.40. The van der Waals surface area contributed by atoms with E-state index in [0.29, 0.717) is 23.6 Å². The molecule has 1 N–H and O–H groups in total. The molecule has 0 bridgehead atoms. The van der Waals surface area contributed by atoms with Crippen LogP contribution < -0.4 is 5.32 Å². The second-order valence-electron chi connectivity index (χ2n) is 7.79. The minimum absolute atomic E-state index is 0.0671. The Morgan fingerprint density at radius 2 is 1.83 bits per heavy atom. The van der Waals surface area contributed by atoms with Crippen LogP contribution in [0.15, 0.2) is 0 Å². The lowest BCUT2D eigenvalue weighted by atomic mass is 9.69. The van der Waals surface area contributed by atoms with Crippen LogP contribution >= 0.6 is 11.8 Å².